The molecule has 1 aliphatic heterocycles. The van der Waals surface area contributed by atoms with Crippen LogP contribution in [-0.4, -0.2) is 87.5 Å². The molecule has 232 valence electrons. The van der Waals surface area contributed by atoms with Gasteiger partial charge in [0.15, 0.2) is 6.29 Å². The molecule has 1 heterocycles. The first-order chi connectivity index (χ1) is 18.8. The van der Waals surface area contributed by atoms with Crippen LogP contribution in [0.15, 0.2) is 0 Å². The highest BCUT2D eigenvalue weighted by atomic mass is 16.7. The zero-order chi connectivity index (χ0) is 28.9. The highest BCUT2D eigenvalue weighted by Gasteiger charge is 2.44. The molecule has 1 saturated heterocycles. The van der Waals surface area contributed by atoms with Crippen molar-refractivity contribution in [1.29, 1.82) is 0 Å². The largest absolute Gasteiger partial charge is 0.394 e. The Labute approximate surface area is 236 Å². The van der Waals surface area contributed by atoms with Gasteiger partial charge in [0, 0.05) is 6.42 Å². The predicted octanol–water partition coefficient (Wildman–Crippen LogP) is 3.71. The van der Waals surface area contributed by atoms with Gasteiger partial charge >= 0.3 is 0 Å². The van der Waals surface area contributed by atoms with E-state index in [4.69, 9.17) is 9.47 Å². The molecule has 9 nitrogen and oxygen atoms in total. The first-order valence-electron chi connectivity index (χ1n) is 15.7. The maximum atomic E-state index is 12.7. The van der Waals surface area contributed by atoms with Crippen molar-refractivity contribution in [3.63, 3.8) is 0 Å². The molecule has 7 atom stereocenters. The number of unbranched alkanes of at least 4 members (excludes halogenated alkanes) is 14. The molecule has 39 heavy (non-hydrogen) atoms. The van der Waals surface area contributed by atoms with E-state index in [1.807, 2.05) is 0 Å². The molecule has 1 amide bonds. The van der Waals surface area contributed by atoms with E-state index >= 15 is 0 Å². The fourth-order valence-electron chi connectivity index (χ4n) is 5.04. The zero-order valence-corrected chi connectivity index (χ0v) is 24.6. The summed E-state index contributed by atoms with van der Waals surface area (Å²) >= 11 is 0. The smallest absolute Gasteiger partial charge is 0.220 e. The third-order valence-corrected chi connectivity index (χ3v) is 7.71. The Bertz CT molecular complexity index is 593. The summed E-state index contributed by atoms with van der Waals surface area (Å²) < 4.78 is 11.1. The van der Waals surface area contributed by atoms with Gasteiger partial charge in [0.2, 0.25) is 5.91 Å². The third-order valence-electron chi connectivity index (χ3n) is 7.71. The minimum absolute atomic E-state index is 0.136. The quantitative estimate of drug-likeness (QED) is 0.0977. The SMILES string of the molecule is CCCCCCCCCCCCCC(=O)NC(COC1OC(CO)C(O)C(O)C1O)C(O)CCCCCCC. The fraction of sp³-hybridized carbons (Fsp3) is 0.967. The van der Waals surface area contributed by atoms with Crippen LogP contribution >= 0.6 is 0 Å². The number of carbonyl (C=O) groups is 1. The van der Waals surface area contributed by atoms with Gasteiger partial charge in [0.25, 0.3) is 0 Å². The van der Waals surface area contributed by atoms with Gasteiger partial charge in [-0.25, -0.2) is 0 Å². The Morgan fingerprint density at radius 2 is 1.28 bits per heavy atom. The van der Waals surface area contributed by atoms with E-state index in [1.54, 1.807) is 0 Å². The molecule has 1 rings (SSSR count). The normalized spacial score (nSPS) is 24.9. The van der Waals surface area contributed by atoms with Crippen LogP contribution in [0.1, 0.15) is 129 Å². The van der Waals surface area contributed by atoms with Crippen LogP contribution in [0.5, 0.6) is 0 Å². The molecular weight excluding hydrogens is 502 g/mol. The van der Waals surface area contributed by atoms with E-state index in [-0.39, 0.29) is 12.5 Å². The van der Waals surface area contributed by atoms with Gasteiger partial charge in [-0.2, -0.15) is 0 Å². The summed E-state index contributed by atoms with van der Waals surface area (Å²) in [5, 5.41) is 53.4. The highest BCUT2D eigenvalue weighted by molar-refractivity contribution is 5.76. The number of nitrogens with one attached hydrogen (secondary N) is 1. The lowest BCUT2D eigenvalue weighted by molar-refractivity contribution is -0.302. The van der Waals surface area contributed by atoms with Crippen molar-refractivity contribution in [2.75, 3.05) is 13.2 Å². The van der Waals surface area contributed by atoms with Gasteiger partial charge in [0.1, 0.15) is 24.4 Å². The molecular formula is C30H59NO8. The molecule has 0 spiro atoms. The molecule has 0 aliphatic carbocycles. The maximum Gasteiger partial charge on any atom is 0.220 e. The van der Waals surface area contributed by atoms with Gasteiger partial charge in [-0.1, -0.05) is 110 Å². The predicted molar refractivity (Wildman–Crippen MR) is 152 cm³/mol. The van der Waals surface area contributed by atoms with Crippen LogP contribution < -0.4 is 5.32 Å². The lowest BCUT2D eigenvalue weighted by atomic mass is 9.99. The van der Waals surface area contributed by atoms with E-state index in [2.05, 4.69) is 19.2 Å². The number of hydrogen-bond acceptors (Lipinski definition) is 8. The molecule has 0 saturated carbocycles. The maximum absolute atomic E-state index is 12.7. The Kier molecular flexibility index (Phi) is 21.2. The van der Waals surface area contributed by atoms with Gasteiger partial charge in [-0.15, -0.1) is 0 Å². The molecule has 0 aromatic rings. The van der Waals surface area contributed by atoms with Crippen molar-refractivity contribution in [2.24, 2.45) is 0 Å². The second-order valence-corrected chi connectivity index (χ2v) is 11.3. The average Bonchev–Trinajstić information content (AvgIpc) is 2.93. The van der Waals surface area contributed by atoms with E-state index in [0.717, 1.165) is 51.4 Å². The lowest BCUT2D eigenvalue weighted by Crippen LogP contribution is -2.60. The monoisotopic (exact) mass is 561 g/mol. The van der Waals surface area contributed by atoms with Crippen LogP contribution in [0.25, 0.3) is 0 Å². The van der Waals surface area contributed by atoms with Crippen LogP contribution in [0.3, 0.4) is 0 Å². The van der Waals surface area contributed by atoms with Crippen LogP contribution in [-0.2, 0) is 14.3 Å². The molecule has 1 aliphatic rings. The number of aliphatic hydroxyl groups excluding tert-OH is 5. The molecule has 0 radical (unpaired) electrons. The summed E-state index contributed by atoms with van der Waals surface area (Å²) in [5.41, 5.74) is 0. The van der Waals surface area contributed by atoms with Crippen molar-refractivity contribution in [3.05, 3.63) is 0 Å². The third kappa shape index (κ3) is 15.7. The summed E-state index contributed by atoms with van der Waals surface area (Å²) in [4.78, 5) is 12.7. The molecule has 6 N–H and O–H groups in total. The molecule has 0 aromatic heterocycles. The molecule has 9 heteroatoms. The fourth-order valence-corrected chi connectivity index (χ4v) is 5.04. The van der Waals surface area contributed by atoms with Crippen molar-refractivity contribution in [1.82, 2.24) is 5.32 Å². The van der Waals surface area contributed by atoms with Gasteiger partial charge in [-0.05, 0) is 12.8 Å². The average molecular weight is 562 g/mol. The lowest BCUT2D eigenvalue weighted by Gasteiger charge is -2.40. The number of carbonyl (C=O) groups excluding carboxylic acids is 1. The summed E-state index contributed by atoms with van der Waals surface area (Å²) in [6.45, 7) is 3.69. The molecule has 0 bridgehead atoms. The van der Waals surface area contributed by atoms with E-state index in [0.29, 0.717) is 12.8 Å². The highest BCUT2D eigenvalue weighted by Crippen LogP contribution is 2.22. The minimum atomic E-state index is -1.54. The van der Waals surface area contributed by atoms with Gasteiger partial charge in [-0.3, -0.25) is 4.79 Å². The number of rotatable bonds is 24. The second-order valence-electron chi connectivity index (χ2n) is 11.3. The Balaban J connectivity index is 2.46. The van der Waals surface area contributed by atoms with Gasteiger partial charge < -0.3 is 40.3 Å². The number of hydrogen-bond donors (Lipinski definition) is 6. The van der Waals surface area contributed by atoms with Crippen LogP contribution in [0.2, 0.25) is 0 Å². The summed E-state index contributed by atoms with van der Waals surface area (Å²) in [7, 11) is 0. The number of aliphatic hydroxyl groups is 5. The van der Waals surface area contributed by atoms with Crippen molar-refractivity contribution >= 4 is 5.91 Å². The number of amides is 1. The Hall–Kier alpha value is -0.810. The standard InChI is InChI=1S/C30H59NO8/c1-3-5-7-9-10-11-12-13-14-16-18-20-26(34)31-23(24(33)19-17-15-8-6-4-2)22-38-30-29(37)28(36)27(35)25(21-32)39-30/h23-25,27-30,32-33,35-37H,3-22H2,1-2H3,(H,31,34). The Morgan fingerprint density at radius 3 is 1.82 bits per heavy atom. The van der Waals surface area contributed by atoms with E-state index in [9.17, 15) is 30.3 Å². The van der Waals surface area contributed by atoms with Crippen molar-refractivity contribution < 1.29 is 39.8 Å². The summed E-state index contributed by atoms with van der Waals surface area (Å²) in [6.07, 6.45) is 11.6. The molecule has 7 unspecified atom stereocenters. The first-order valence-corrected chi connectivity index (χ1v) is 15.7. The van der Waals surface area contributed by atoms with Crippen LogP contribution in [0, 0.1) is 0 Å². The first kappa shape index (κ1) is 36.2. The second kappa shape index (κ2) is 22.8. The van der Waals surface area contributed by atoms with E-state index in [1.165, 1.54) is 51.4 Å². The van der Waals surface area contributed by atoms with Crippen LogP contribution in [0.4, 0.5) is 0 Å². The topological polar surface area (TPSA) is 149 Å². The molecule has 1 fully saturated rings. The summed E-state index contributed by atoms with van der Waals surface area (Å²) in [6, 6.07) is -0.705. The molecule has 0 aromatic carbocycles. The Morgan fingerprint density at radius 1 is 0.769 bits per heavy atom. The van der Waals surface area contributed by atoms with Crippen molar-refractivity contribution in [2.45, 2.75) is 172 Å². The minimum Gasteiger partial charge on any atom is -0.394 e. The number of ether oxygens (including phenoxy) is 2. The summed E-state index contributed by atoms with van der Waals surface area (Å²) in [5.74, 6) is -0.154. The van der Waals surface area contributed by atoms with E-state index < -0.39 is 49.5 Å². The van der Waals surface area contributed by atoms with Crippen molar-refractivity contribution in [3.8, 4) is 0 Å². The zero-order valence-electron chi connectivity index (χ0n) is 24.6. The van der Waals surface area contributed by atoms with Gasteiger partial charge in [0.05, 0.1) is 25.4 Å².